The molecule has 0 atom stereocenters. The maximum absolute atomic E-state index is 5.56. The fourth-order valence-corrected chi connectivity index (χ4v) is 1.73. The Morgan fingerprint density at radius 2 is 1.82 bits per heavy atom. The molecule has 0 aliphatic rings. The second kappa shape index (κ2) is 9.06. The van der Waals surface area contributed by atoms with Crippen molar-refractivity contribution in [1.29, 1.82) is 0 Å². The predicted octanol–water partition coefficient (Wildman–Crippen LogP) is 3.41. The summed E-state index contributed by atoms with van der Waals surface area (Å²) in [4.78, 5) is 0. The molecular weight excluding hydrogens is 210 g/mol. The molecule has 2 nitrogen and oxygen atoms in total. The zero-order valence-corrected chi connectivity index (χ0v) is 11.2. The Balaban J connectivity index is 2.20. The molecule has 0 fully saturated rings. The second-order valence-electron chi connectivity index (χ2n) is 4.30. The second-order valence-corrected chi connectivity index (χ2v) is 4.30. The topological polar surface area (TPSA) is 21.3 Å². The van der Waals surface area contributed by atoms with Crippen molar-refractivity contribution in [2.45, 2.75) is 39.5 Å². The summed E-state index contributed by atoms with van der Waals surface area (Å²) in [5.41, 5.74) is 1.41. The third-order valence-electron chi connectivity index (χ3n) is 2.72. The van der Waals surface area contributed by atoms with Gasteiger partial charge in [0.25, 0.3) is 0 Å². The molecular formula is C15H25NO. The number of unbranched alkanes of at least 4 members (excludes halogenated alkanes) is 1. The third kappa shape index (κ3) is 6.32. The zero-order valence-electron chi connectivity index (χ0n) is 11.2. The van der Waals surface area contributed by atoms with Crippen LogP contribution >= 0.6 is 0 Å². The van der Waals surface area contributed by atoms with E-state index in [9.17, 15) is 0 Å². The van der Waals surface area contributed by atoms with Gasteiger partial charge in [-0.1, -0.05) is 26.0 Å². The van der Waals surface area contributed by atoms with Crippen LogP contribution in [-0.4, -0.2) is 19.7 Å². The lowest BCUT2D eigenvalue weighted by atomic mass is 10.1. The first-order valence-electron chi connectivity index (χ1n) is 6.79. The third-order valence-corrected chi connectivity index (χ3v) is 2.72. The van der Waals surface area contributed by atoms with Gasteiger partial charge in [-0.05, 0) is 56.5 Å². The lowest BCUT2D eigenvalue weighted by molar-refractivity contribution is 0.317. The first-order chi connectivity index (χ1) is 8.36. The number of ether oxygens (including phenoxy) is 1. The molecule has 0 aromatic heterocycles. The van der Waals surface area contributed by atoms with Gasteiger partial charge >= 0.3 is 0 Å². The van der Waals surface area contributed by atoms with Crippen LogP contribution in [0.1, 0.15) is 38.7 Å². The van der Waals surface area contributed by atoms with Crippen molar-refractivity contribution in [1.82, 2.24) is 5.32 Å². The molecule has 0 saturated carbocycles. The summed E-state index contributed by atoms with van der Waals surface area (Å²) in [6.07, 6.45) is 4.73. The van der Waals surface area contributed by atoms with E-state index < -0.39 is 0 Å². The Morgan fingerprint density at radius 3 is 2.47 bits per heavy atom. The smallest absolute Gasteiger partial charge is 0.119 e. The van der Waals surface area contributed by atoms with Crippen LogP contribution in [0.4, 0.5) is 0 Å². The van der Waals surface area contributed by atoms with Gasteiger partial charge in [0.15, 0.2) is 0 Å². The predicted molar refractivity (Wildman–Crippen MR) is 73.7 cm³/mol. The van der Waals surface area contributed by atoms with Gasteiger partial charge in [-0.2, -0.15) is 0 Å². The fraction of sp³-hybridized carbons (Fsp3) is 0.600. The van der Waals surface area contributed by atoms with Crippen molar-refractivity contribution in [2.24, 2.45) is 0 Å². The molecule has 17 heavy (non-hydrogen) atoms. The van der Waals surface area contributed by atoms with E-state index in [-0.39, 0.29) is 0 Å². The van der Waals surface area contributed by atoms with Crippen LogP contribution in [0, 0.1) is 0 Å². The molecule has 1 aromatic rings. The average Bonchev–Trinajstić information content (AvgIpc) is 2.37. The molecule has 0 radical (unpaired) electrons. The van der Waals surface area contributed by atoms with Crippen molar-refractivity contribution in [3.05, 3.63) is 29.8 Å². The number of hydrogen-bond donors (Lipinski definition) is 1. The van der Waals surface area contributed by atoms with Gasteiger partial charge in [-0.3, -0.25) is 0 Å². The molecule has 1 aromatic carbocycles. The fourth-order valence-electron chi connectivity index (χ4n) is 1.73. The van der Waals surface area contributed by atoms with E-state index in [0.29, 0.717) is 0 Å². The molecule has 0 unspecified atom stereocenters. The molecule has 0 aliphatic heterocycles. The number of benzene rings is 1. The quantitative estimate of drug-likeness (QED) is 0.662. The van der Waals surface area contributed by atoms with Crippen LogP contribution < -0.4 is 10.1 Å². The van der Waals surface area contributed by atoms with Crippen LogP contribution in [0.25, 0.3) is 0 Å². The monoisotopic (exact) mass is 235 g/mol. The van der Waals surface area contributed by atoms with Crippen molar-refractivity contribution in [2.75, 3.05) is 19.7 Å². The van der Waals surface area contributed by atoms with Gasteiger partial charge in [-0.15, -0.1) is 0 Å². The van der Waals surface area contributed by atoms with Crippen LogP contribution in [0.5, 0.6) is 5.75 Å². The van der Waals surface area contributed by atoms with Gasteiger partial charge in [-0.25, -0.2) is 0 Å². The molecule has 96 valence electrons. The minimum absolute atomic E-state index is 0.808. The number of hydrogen-bond acceptors (Lipinski definition) is 2. The van der Waals surface area contributed by atoms with Gasteiger partial charge in [0, 0.05) is 0 Å². The van der Waals surface area contributed by atoms with Gasteiger partial charge in [0.1, 0.15) is 5.75 Å². The summed E-state index contributed by atoms with van der Waals surface area (Å²) < 4.78 is 5.56. The SMILES string of the molecule is CCCOc1ccc(CCCCNCC)cc1. The Kier molecular flexibility index (Phi) is 7.48. The molecule has 1 rings (SSSR count). The highest BCUT2D eigenvalue weighted by atomic mass is 16.5. The Morgan fingerprint density at radius 1 is 1.06 bits per heavy atom. The summed E-state index contributed by atoms with van der Waals surface area (Å²) in [5, 5.41) is 3.35. The zero-order chi connectivity index (χ0) is 12.3. The van der Waals surface area contributed by atoms with E-state index in [4.69, 9.17) is 4.74 Å². The highest BCUT2D eigenvalue weighted by Gasteiger charge is 1.95. The van der Waals surface area contributed by atoms with Gasteiger partial charge in [0.2, 0.25) is 0 Å². The maximum Gasteiger partial charge on any atom is 0.119 e. The molecule has 0 amide bonds. The van der Waals surface area contributed by atoms with Crippen molar-refractivity contribution >= 4 is 0 Å². The van der Waals surface area contributed by atoms with E-state index in [1.165, 1.54) is 24.8 Å². The lowest BCUT2D eigenvalue weighted by Gasteiger charge is -2.06. The van der Waals surface area contributed by atoms with Crippen molar-refractivity contribution in [3.63, 3.8) is 0 Å². The lowest BCUT2D eigenvalue weighted by Crippen LogP contribution is -2.13. The average molecular weight is 235 g/mol. The van der Waals surface area contributed by atoms with Crippen LogP contribution in [-0.2, 0) is 6.42 Å². The Labute approximate surface area is 105 Å². The molecule has 0 saturated heterocycles. The molecule has 0 spiro atoms. The van der Waals surface area contributed by atoms with Crippen molar-refractivity contribution in [3.8, 4) is 5.75 Å². The normalized spacial score (nSPS) is 10.5. The van der Waals surface area contributed by atoms with Crippen LogP contribution in [0.3, 0.4) is 0 Å². The van der Waals surface area contributed by atoms with E-state index in [0.717, 1.165) is 31.9 Å². The van der Waals surface area contributed by atoms with E-state index in [1.807, 2.05) is 0 Å². The number of nitrogens with one attached hydrogen (secondary N) is 1. The van der Waals surface area contributed by atoms with E-state index in [2.05, 4.69) is 43.4 Å². The molecule has 0 heterocycles. The number of aryl methyl sites for hydroxylation is 1. The minimum Gasteiger partial charge on any atom is -0.494 e. The maximum atomic E-state index is 5.56. The van der Waals surface area contributed by atoms with Gasteiger partial charge < -0.3 is 10.1 Å². The van der Waals surface area contributed by atoms with Crippen molar-refractivity contribution < 1.29 is 4.74 Å². The van der Waals surface area contributed by atoms with Crippen LogP contribution in [0.2, 0.25) is 0 Å². The first kappa shape index (κ1) is 14.0. The summed E-state index contributed by atoms with van der Waals surface area (Å²) in [7, 11) is 0. The summed E-state index contributed by atoms with van der Waals surface area (Å²) in [6.45, 7) is 7.29. The summed E-state index contributed by atoms with van der Waals surface area (Å²) >= 11 is 0. The largest absolute Gasteiger partial charge is 0.494 e. The standard InChI is InChI=1S/C15H25NO/c1-3-13-17-15-10-8-14(9-11-15)7-5-6-12-16-4-2/h8-11,16H,3-7,12-13H2,1-2H3. The molecule has 1 N–H and O–H groups in total. The van der Waals surface area contributed by atoms with E-state index in [1.54, 1.807) is 0 Å². The summed E-state index contributed by atoms with van der Waals surface area (Å²) in [5.74, 6) is 0.989. The highest BCUT2D eigenvalue weighted by Crippen LogP contribution is 2.14. The number of rotatable bonds is 9. The minimum atomic E-state index is 0.808. The summed E-state index contributed by atoms with van der Waals surface area (Å²) in [6, 6.07) is 8.51. The van der Waals surface area contributed by atoms with Crippen LogP contribution in [0.15, 0.2) is 24.3 Å². The molecule has 0 bridgehead atoms. The van der Waals surface area contributed by atoms with Gasteiger partial charge in [0.05, 0.1) is 6.61 Å². The Hall–Kier alpha value is -1.02. The first-order valence-corrected chi connectivity index (χ1v) is 6.79. The Bertz CT molecular complexity index is 281. The highest BCUT2D eigenvalue weighted by molar-refractivity contribution is 5.27. The molecule has 0 aliphatic carbocycles. The molecule has 2 heteroatoms. The van der Waals surface area contributed by atoms with E-state index >= 15 is 0 Å².